The Morgan fingerprint density at radius 2 is 1.23 bits per heavy atom. The number of rotatable bonds is 1. The molecule has 0 fully saturated rings. The molecule has 0 aromatic heterocycles. The zero-order valence-corrected chi connectivity index (χ0v) is 12.0. The molecule has 4 nitrogen and oxygen atoms in total. The molecule has 0 radical (unpaired) electrons. The van der Waals surface area contributed by atoms with E-state index in [4.69, 9.17) is 11.5 Å². The molecule has 3 aromatic rings. The second kappa shape index (κ2) is 4.70. The summed E-state index contributed by atoms with van der Waals surface area (Å²) in [4.78, 5) is 2.17. The summed E-state index contributed by atoms with van der Waals surface area (Å²) in [6, 6.07) is 21.9. The summed E-state index contributed by atoms with van der Waals surface area (Å²) in [6.45, 7) is 0. The molecule has 0 saturated carbocycles. The molecule has 4 rings (SSSR count). The Balaban J connectivity index is 1.99. The molecule has 1 aliphatic rings. The Hall–Kier alpha value is -3.14. The number of anilines is 7. The molecule has 4 heteroatoms. The normalized spacial score (nSPS) is 12.3. The molecule has 1 heterocycles. The van der Waals surface area contributed by atoms with E-state index in [0.717, 1.165) is 39.8 Å². The van der Waals surface area contributed by atoms with Crippen molar-refractivity contribution in [3.05, 3.63) is 66.7 Å². The minimum Gasteiger partial charge on any atom is -0.399 e. The van der Waals surface area contributed by atoms with E-state index in [0.29, 0.717) is 0 Å². The Kier molecular flexibility index (Phi) is 2.69. The summed E-state index contributed by atoms with van der Waals surface area (Å²) in [6.07, 6.45) is 0. The van der Waals surface area contributed by atoms with Gasteiger partial charge in [0.05, 0.1) is 22.7 Å². The summed E-state index contributed by atoms with van der Waals surface area (Å²) in [5.41, 5.74) is 18.6. The highest BCUT2D eigenvalue weighted by Crippen LogP contribution is 2.48. The summed E-state index contributed by atoms with van der Waals surface area (Å²) in [7, 11) is 0. The van der Waals surface area contributed by atoms with Crippen LogP contribution in [-0.2, 0) is 0 Å². The zero-order valence-electron chi connectivity index (χ0n) is 12.0. The van der Waals surface area contributed by atoms with Crippen molar-refractivity contribution in [3.8, 4) is 0 Å². The first-order valence-corrected chi connectivity index (χ1v) is 7.13. The van der Waals surface area contributed by atoms with Gasteiger partial charge in [0, 0.05) is 17.1 Å². The van der Waals surface area contributed by atoms with Crippen LogP contribution < -0.4 is 21.7 Å². The van der Waals surface area contributed by atoms with Crippen LogP contribution >= 0.6 is 0 Å². The standard InChI is InChI=1S/C18H16N4/c19-12-6-8-15-17(10-12)22(14-4-2-1-3-5-14)18-11-13(20)7-9-16(18)21-15/h1-11,21H,19-20H2. The molecule has 5 N–H and O–H groups in total. The molecule has 0 saturated heterocycles. The first kappa shape index (κ1) is 12.6. The van der Waals surface area contributed by atoms with Gasteiger partial charge in [-0.3, -0.25) is 0 Å². The Morgan fingerprint density at radius 3 is 1.77 bits per heavy atom. The lowest BCUT2D eigenvalue weighted by molar-refractivity contribution is 1.25. The van der Waals surface area contributed by atoms with Gasteiger partial charge in [0.15, 0.2) is 0 Å². The van der Waals surface area contributed by atoms with E-state index < -0.39 is 0 Å². The fourth-order valence-corrected chi connectivity index (χ4v) is 2.81. The van der Waals surface area contributed by atoms with Crippen molar-refractivity contribution >= 4 is 39.8 Å². The number of hydrogen-bond acceptors (Lipinski definition) is 4. The van der Waals surface area contributed by atoms with Crippen molar-refractivity contribution in [2.75, 3.05) is 21.7 Å². The van der Waals surface area contributed by atoms with Crippen LogP contribution in [0, 0.1) is 0 Å². The molecule has 0 spiro atoms. The molecule has 3 aromatic carbocycles. The van der Waals surface area contributed by atoms with Gasteiger partial charge in [-0.25, -0.2) is 0 Å². The van der Waals surface area contributed by atoms with Crippen LogP contribution in [0.25, 0.3) is 0 Å². The summed E-state index contributed by atoms with van der Waals surface area (Å²) in [5.74, 6) is 0. The van der Waals surface area contributed by atoms with E-state index in [2.05, 4.69) is 22.3 Å². The maximum atomic E-state index is 5.99. The molecular formula is C18H16N4. The largest absolute Gasteiger partial charge is 0.399 e. The third-order valence-electron chi connectivity index (χ3n) is 3.81. The van der Waals surface area contributed by atoms with Gasteiger partial charge in [-0.05, 0) is 48.5 Å². The number of fused-ring (bicyclic) bond motifs is 2. The van der Waals surface area contributed by atoms with Crippen LogP contribution in [0.2, 0.25) is 0 Å². The van der Waals surface area contributed by atoms with E-state index in [-0.39, 0.29) is 0 Å². The van der Waals surface area contributed by atoms with Gasteiger partial charge in [0.25, 0.3) is 0 Å². The molecule has 0 amide bonds. The average Bonchev–Trinajstić information content (AvgIpc) is 2.54. The second-order valence-corrected chi connectivity index (χ2v) is 5.35. The van der Waals surface area contributed by atoms with Crippen LogP contribution in [0.3, 0.4) is 0 Å². The lowest BCUT2D eigenvalue weighted by Gasteiger charge is -2.34. The van der Waals surface area contributed by atoms with Gasteiger partial charge in [-0.2, -0.15) is 0 Å². The summed E-state index contributed by atoms with van der Waals surface area (Å²) >= 11 is 0. The molecule has 0 bridgehead atoms. The van der Waals surface area contributed by atoms with E-state index in [1.165, 1.54) is 0 Å². The van der Waals surface area contributed by atoms with E-state index in [1.54, 1.807) is 0 Å². The van der Waals surface area contributed by atoms with Crippen LogP contribution in [0.5, 0.6) is 0 Å². The fourth-order valence-electron chi connectivity index (χ4n) is 2.81. The fraction of sp³-hybridized carbons (Fsp3) is 0. The lowest BCUT2D eigenvalue weighted by Crippen LogP contribution is -2.18. The number of benzene rings is 3. The van der Waals surface area contributed by atoms with Crippen LogP contribution in [0.1, 0.15) is 0 Å². The number of para-hydroxylation sites is 1. The Morgan fingerprint density at radius 1 is 0.682 bits per heavy atom. The first-order chi connectivity index (χ1) is 10.7. The molecule has 1 aliphatic heterocycles. The van der Waals surface area contributed by atoms with Crippen molar-refractivity contribution in [1.29, 1.82) is 0 Å². The smallest absolute Gasteiger partial charge is 0.0718 e. The Bertz CT molecular complexity index is 791. The molecule has 0 unspecified atom stereocenters. The maximum absolute atomic E-state index is 5.99. The molecule has 0 atom stereocenters. The predicted molar refractivity (Wildman–Crippen MR) is 93.2 cm³/mol. The van der Waals surface area contributed by atoms with Gasteiger partial charge in [-0.15, -0.1) is 0 Å². The van der Waals surface area contributed by atoms with Crippen molar-refractivity contribution in [2.24, 2.45) is 0 Å². The topological polar surface area (TPSA) is 67.3 Å². The summed E-state index contributed by atoms with van der Waals surface area (Å²) < 4.78 is 0. The predicted octanol–water partition coefficient (Wildman–Crippen LogP) is 4.38. The third kappa shape index (κ3) is 1.93. The lowest BCUT2D eigenvalue weighted by atomic mass is 10.1. The number of nitrogens with zero attached hydrogens (tertiary/aromatic N) is 1. The molecular weight excluding hydrogens is 272 g/mol. The first-order valence-electron chi connectivity index (χ1n) is 7.13. The molecule has 108 valence electrons. The second-order valence-electron chi connectivity index (χ2n) is 5.35. The third-order valence-corrected chi connectivity index (χ3v) is 3.81. The van der Waals surface area contributed by atoms with Crippen molar-refractivity contribution < 1.29 is 0 Å². The minimum absolute atomic E-state index is 0.730. The van der Waals surface area contributed by atoms with Crippen LogP contribution in [0.4, 0.5) is 39.8 Å². The van der Waals surface area contributed by atoms with Gasteiger partial charge < -0.3 is 21.7 Å². The highest BCUT2D eigenvalue weighted by Gasteiger charge is 2.24. The number of hydrogen-bond donors (Lipinski definition) is 3. The van der Waals surface area contributed by atoms with Crippen molar-refractivity contribution in [3.63, 3.8) is 0 Å². The van der Waals surface area contributed by atoms with Gasteiger partial charge in [0.2, 0.25) is 0 Å². The highest BCUT2D eigenvalue weighted by molar-refractivity contribution is 5.98. The maximum Gasteiger partial charge on any atom is 0.0718 e. The number of nitrogen functional groups attached to an aromatic ring is 2. The monoisotopic (exact) mass is 288 g/mol. The van der Waals surface area contributed by atoms with Gasteiger partial charge >= 0.3 is 0 Å². The Labute approximate surface area is 129 Å². The van der Waals surface area contributed by atoms with Crippen molar-refractivity contribution in [1.82, 2.24) is 0 Å². The molecule has 0 aliphatic carbocycles. The number of nitrogens with one attached hydrogen (secondary N) is 1. The number of nitrogens with two attached hydrogens (primary N) is 2. The minimum atomic E-state index is 0.730. The quantitative estimate of drug-likeness (QED) is 0.455. The summed E-state index contributed by atoms with van der Waals surface area (Å²) in [5, 5.41) is 3.44. The van der Waals surface area contributed by atoms with Crippen LogP contribution in [-0.4, -0.2) is 0 Å². The highest BCUT2D eigenvalue weighted by atomic mass is 15.2. The van der Waals surface area contributed by atoms with E-state index in [9.17, 15) is 0 Å². The SMILES string of the molecule is Nc1ccc2c(c1)N(c1ccccc1)c1cc(N)ccc1N2. The average molecular weight is 288 g/mol. The zero-order chi connectivity index (χ0) is 15.1. The van der Waals surface area contributed by atoms with Crippen LogP contribution in [0.15, 0.2) is 66.7 Å². The van der Waals surface area contributed by atoms with E-state index >= 15 is 0 Å². The van der Waals surface area contributed by atoms with Gasteiger partial charge in [-0.1, -0.05) is 18.2 Å². The van der Waals surface area contributed by atoms with E-state index in [1.807, 2.05) is 54.6 Å². The molecule has 22 heavy (non-hydrogen) atoms. The van der Waals surface area contributed by atoms with Gasteiger partial charge in [0.1, 0.15) is 0 Å². The van der Waals surface area contributed by atoms with Crippen molar-refractivity contribution in [2.45, 2.75) is 0 Å².